The average molecular weight is 297 g/mol. The SMILES string of the molecule is Cc1c([N+](=O)[O-])c(C)c([N+](=O)[O-])c(CC(C)C)c1[N+](=O)[O-]. The van der Waals surface area contributed by atoms with Crippen LogP contribution in [0.1, 0.15) is 30.5 Å². The molecule has 21 heavy (non-hydrogen) atoms. The minimum atomic E-state index is -0.816. The van der Waals surface area contributed by atoms with E-state index in [9.17, 15) is 30.3 Å². The van der Waals surface area contributed by atoms with Crippen LogP contribution in [0.25, 0.3) is 0 Å². The molecule has 9 nitrogen and oxygen atoms in total. The van der Waals surface area contributed by atoms with E-state index in [1.807, 2.05) is 0 Å². The first-order chi connectivity index (χ1) is 9.59. The quantitative estimate of drug-likeness (QED) is 0.605. The molecule has 0 spiro atoms. The summed E-state index contributed by atoms with van der Waals surface area (Å²) in [5, 5.41) is 33.6. The highest BCUT2D eigenvalue weighted by atomic mass is 16.6. The Bertz CT molecular complexity index is 597. The number of hydrogen-bond acceptors (Lipinski definition) is 6. The van der Waals surface area contributed by atoms with Crippen LogP contribution in [0, 0.1) is 50.1 Å². The summed E-state index contributed by atoms with van der Waals surface area (Å²) in [4.78, 5) is 31.2. The van der Waals surface area contributed by atoms with E-state index in [1.165, 1.54) is 13.8 Å². The van der Waals surface area contributed by atoms with Gasteiger partial charge in [-0.05, 0) is 26.2 Å². The Labute approximate surface area is 120 Å². The van der Waals surface area contributed by atoms with E-state index in [2.05, 4.69) is 0 Å². The summed E-state index contributed by atoms with van der Waals surface area (Å²) < 4.78 is 0. The molecule has 1 aromatic carbocycles. The van der Waals surface area contributed by atoms with E-state index < -0.39 is 31.8 Å². The van der Waals surface area contributed by atoms with Crippen LogP contribution in [-0.2, 0) is 6.42 Å². The fraction of sp³-hybridized carbons (Fsp3) is 0.500. The van der Waals surface area contributed by atoms with Gasteiger partial charge in [0.05, 0.1) is 14.8 Å². The largest absolute Gasteiger partial charge is 0.289 e. The molecule has 0 aromatic heterocycles. The van der Waals surface area contributed by atoms with Crippen LogP contribution in [0.4, 0.5) is 17.1 Å². The van der Waals surface area contributed by atoms with Crippen molar-refractivity contribution >= 4 is 17.1 Å². The Balaban J connectivity index is 3.95. The van der Waals surface area contributed by atoms with Crippen LogP contribution in [0.5, 0.6) is 0 Å². The third-order valence-corrected chi connectivity index (χ3v) is 3.15. The van der Waals surface area contributed by atoms with Crippen LogP contribution in [0.15, 0.2) is 0 Å². The van der Waals surface area contributed by atoms with Gasteiger partial charge in [-0.25, -0.2) is 0 Å². The third kappa shape index (κ3) is 2.96. The van der Waals surface area contributed by atoms with Crippen LogP contribution in [0.2, 0.25) is 0 Å². The Kier molecular flexibility index (Phi) is 4.56. The Hall–Kier alpha value is -2.58. The zero-order chi connectivity index (χ0) is 16.5. The maximum atomic E-state index is 11.2. The maximum Gasteiger partial charge on any atom is 0.289 e. The average Bonchev–Trinajstić information content (AvgIpc) is 2.25. The Morgan fingerprint density at radius 1 is 0.810 bits per heavy atom. The fourth-order valence-corrected chi connectivity index (χ4v) is 2.44. The Morgan fingerprint density at radius 3 is 1.38 bits per heavy atom. The van der Waals surface area contributed by atoms with Gasteiger partial charge in [0.2, 0.25) is 0 Å². The molecule has 0 atom stereocenters. The predicted octanol–water partition coefficient (Wildman–Crippen LogP) is 3.23. The Morgan fingerprint density at radius 2 is 1.14 bits per heavy atom. The molecule has 0 N–H and O–H groups in total. The molecule has 0 radical (unpaired) electrons. The number of nitro groups is 3. The van der Waals surface area contributed by atoms with Gasteiger partial charge in [-0.2, -0.15) is 0 Å². The van der Waals surface area contributed by atoms with E-state index in [-0.39, 0.29) is 29.0 Å². The zero-order valence-electron chi connectivity index (χ0n) is 12.1. The standard InChI is InChI=1S/C12H15N3O6/c1-6(2)5-9-11(14(18)19)7(3)10(13(16)17)8(4)12(9)15(20)21/h6H,5H2,1-4H3. The highest BCUT2D eigenvalue weighted by molar-refractivity contribution is 5.71. The number of nitrogens with zero attached hydrogens (tertiary/aromatic N) is 3. The van der Waals surface area contributed by atoms with Crippen molar-refractivity contribution in [3.63, 3.8) is 0 Å². The number of rotatable bonds is 5. The lowest BCUT2D eigenvalue weighted by atomic mass is 9.93. The summed E-state index contributed by atoms with van der Waals surface area (Å²) >= 11 is 0. The van der Waals surface area contributed by atoms with Crippen molar-refractivity contribution in [1.82, 2.24) is 0 Å². The van der Waals surface area contributed by atoms with Gasteiger partial charge in [-0.15, -0.1) is 0 Å². The molecular formula is C12H15N3O6. The van der Waals surface area contributed by atoms with Gasteiger partial charge >= 0.3 is 0 Å². The molecule has 0 aliphatic carbocycles. The molecule has 1 aromatic rings. The second-order valence-electron chi connectivity index (χ2n) is 5.14. The fourth-order valence-electron chi connectivity index (χ4n) is 2.44. The second-order valence-corrected chi connectivity index (χ2v) is 5.14. The van der Waals surface area contributed by atoms with E-state index in [1.54, 1.807) is 13.8 Å². The van der Waals surface area contributed by atoms with Crippen LogP contribution in [-0.4, -0.2) is 14.8 Å². The summed E-state index contributed by atoms with van der Waals surface area (Å²) in [5.74, 6) is -0.0670. The van der Waals surface area contributed by atoms with Gasteiger partial charge in [0.25, 0.3) is 17.1 Å². The molecule has 0 saturated heterocycles. The van der Waals surface area contributed by atoms with E-state index in [0.717, 1.165) is 0 Å². The molecule has 0 saturated carbocycles. The van der Waals surface area contributed by atoms with Crippen molar-refractivity contribution in [3.8, 4) is 0 Å². The first-order valence-corrected chi connectivity index (χ1v) is 6.18. The van der Waals surface area contributed by atoms with Gasteiger partial charge in [-0.1, -0.05) is 13.8 Å². The van der Waals surface area contributed by atoms with Crippen molar-refractivity contribution in [2.45, 2.75) is 34.1 Å². The summed E-state index contributed by atoms with van der Waals surface area (Å²) in [6, 6.07) is 0. The molecular weight excluding hydrogens is 282 g/mol. The molecule has 1 rings (SSSR count). The lowest BCUT2D eigenvalue weighted by molar-refractivity contribution is -0.405. The molecule has 0 amide bonds. The van der Waals surface area contributed by atoms with Crippen molar-refractivity contribution in [3.05, 3.63) is 47.0 Å². The van der Waals surface area contributed by atoms with Gasteiger partial charge < -0.3 is 0 Å². The summed E-state index contributed by atoms with van der Waals surface area (Å²) in [7, 11) is 0. The van der Waals surface area contributed by atoms with Crippen molar-refractivity contribution in [2.24, 2.45) is 5.92 Å². The highest BCUT2D eigenvalue weighted by Crippen LogP contribution is 2.42. The van der Waals surface area contributed by atoms with Crippen LogP contribution < -0.4 is 0 Å². The van der Waals surface area contributed by atoms with Crippen LogP contribution in [0.3, 0.4) is 0 Å². The van der Waals surface area contributed by atoms with Gasteiger partial charge in [0, 0.05) is 0 Å². The maximum absolute atomic E-state index is 11.2. The molecule has 0 fully saturated rings. The highest BCUT2D eigenvalue weighted by Gasteiger charge is 2.37. The van der Waals surface area contributed by atoms with Crippen molar-refractivity contribution < 1.29 is 14.8 Å². The topological polar surface area (TPSA) is 129 Å². The van der Waals surface area contributed by atoms with E-state index in [4.69, 9.17) is 0 Å². The first kappa shape index (κ1) is 16.5. The van der Waals surface area contributed by atoms with Crippen molar-refractivity contribution in [1.29, 1.82) is 0 Å². The summed E-state index contributed by atoms with van der Waals surface area (Å²) in [6.45, 7) is 6.02. The van der Waals surface area contributed by atoms with Gasteiger partial charge in [0.15, 0.2) is 0 Å². The van der Waals surface area contributed by atoms with Gasteiger partial charge in [0.1, 0.15) is 16.7 Å². The zero-order valence-corrected chi connectivity index (χ0v) is 12.1. The van der Waals surface area contributed by atoms with Crippen molar-refractivity contribution in [2.75, 3.05) is 0 Å². The number of nitro benzene ring substituents is 3. The molecule has 0 heterocycles. The molecule has 0 aliphatic heterocycles. The van der Waals surface area contributed by atoms with E-state index >= 15 is 0 Å². The summed E-state index contributed by atoms with van der Waals surface area (Å²) in [6.07, 6.45) is 0.103. The molecule has 114 valence electrons. The predicted molar refractivity (Wildman–Crippen MR) is 74.4 cm³/mol. The summed E-state index contributed by atoms with van der Waals surface area (Å²) in [5.41, 5.74) is -1.99. The van der Waals surface area contributed by atoms with Gasteiger partial charge in [-0.3, -0.25) is 30.3 Å². The monoisotopic (exact) mass is 297 g/mol. The second kappa shape index (κ2) is 5.81. The molecule has 0 unspecified atom stereocenters. The lowest BCUT2D eigenvalue weighted by Crippen LogP contribution is -2.10. The van der Waals surface area contributed by atoms with Crippen LogP contribution >= 0.6 is 0 Å². The smallest absolute Gasteiger partial charge is 0.258 e. The molecule has 9 heteroatoms. The minimum Gasteiger partial charge on any atom is -0.258 e. The lowest BCUT2D eigenvalue weighted by Gasteiger charge is -2.11. The minimum absolute atomic E-state index is 0.0550. The molecule has 0 bridgehead atoms. The normalized spacial score (nSPS) is 10.7. The molecule has 0 aliphatic rings. The first-order valence-electron chi connectivity index (χ1n) is 6.18. The third-order valence-electron chi connectivity index (χ3n) is 3.15. The number of benzene rings is 1. The van der Waals surface area contributed by atoms with E-state index in [0.29, 0.717) is 0 Å². The number of hydrogen-bond donors (Lipinski definition) is 0.